The fourth-order valence-electron chi connectivity index (χ4n) is 4.05. The molecule has 0 bridgehead atoms. The Bertz CT molecular complexity index is 669. The number of carbonyl (C=O) groups is 2. The van der Waals surface area contributed by atoms with Gasteiger partial charge in [-0.05, 0) is 44.7 Å². The van der Waals surface area contributed by atoms with Crippen molar-refractivity contribution in [2.75, 3.05) is 38.3 Å². The first-order chi connectivity index (χ1) is 12.0. The molecule has 1 aromatic rings. The summed E-state index contributed by atoms with van der Waals surface area (Å²) in [6.45, 7) is 4.28. The second-order valence-corrected chi connectivity index (χ2v) is 7.04. The zero-order valence-corrected chi connectivity index (χ0v) is 15.0. The SMILES string of the molecule is COCC1(C(=O)O)CCCN1C(=O)c1cc(C)ccc1N1CCCC1. The third-order valence-corrected chi connectivity index (χ3v) is 5.34. The van der Waals surface area contributed by atoms with E-state index in [1.54, 1.807) is 0 Å². The van der Waals surface area contributed by atoms with Gasteiger partial charge in [0, 0.05) is 32.4 Å². The Morgan fingerprint density at radius 2 is 1.92 bits per heavy atom. The molecule has 2 saturated heterocycles. The van der Waals surface area contributed by atoms with Crippen LogP contribution in [0.2, 0.25) is 0 Å². The summed E-state index contributed by atoms with van der Waals surface area (Å²) < 4.78 is 5.18. The van der Waals surface area contributed by atoms with Crippen molar-refractivity contribution in [2.24, 2.45) is 0 Å². The van der Waals surface area contributed by atoms with E-state index in [4.69, 9.17) is 4.74 Å². The van der Waals surface area contributed by atoms with Gasteiger partial charge in [0.05, 0.1) is 12.2 Å². The van der Waals surface area contributed by atoms with Gasteiger partial charge in [-0.3, -0.25) is 4.79 Å². The molecule has 1 aromatic carbocycles. The lowest BCUT2D eigenvalue weighted by Gasteiger charge is -2.35. The number of amides is 1. The fraction of sp³-hybridized carbons (Fsp3) is 0.579. The number of carbonyl (C=O) groups excluding carboxylic acids is 1. The average Bonchev–Trinajstić information content (AvgIpc) is 3.24. The quantitative estimate of drug-likeness (QED) is 0.886. The Balaban J connectivity index is 1.99. The van der Waals surface area contributed by atoms with Crippen LogP contribution in [0.1, 0.15) is 41.6 Å². The van der Waals surface area contributed by atoms with Crippen LogP contribution in [0.3, 0.4) is 0 Å². The van der Waals surface area contributed by atoms with E-state index in [1.165, 1.54) is 12.0 Å². The summed E-state index contributed by atoms with van der Waals surface area (Å²) in [4.78, 5) is 29.1. The number of ether oxygens (including phenoxy) is 1. The van der Waals surface area contributed by atoms with Crippen LogP contribution >= 0.6 is 0 Å². The highest BCUT2D eigenvalue weighted by Crippen LogP contribution is 2.34. The van der Waals surface area contributed by atoms with E-state index in [0.29, 0.717) is 24.9 Å². The van der Waals surface area contributed by atoms with Crippen molar-refractivity contribution in [1.82, 2.24) is 4.90 Å². The summed E-state index contributed by atoms with van der Waals surface area (Å²) in [7, 11) is 1.48. The molecule has 0 spiro atoms. The van der Waals surface area contributed by atoms with Gasteiger partial charge in [-0.2, -0.15) is 0 Å². The number of nitrogens with zero attached hydrogens (tertiary/aromatic N) is 2. The Labute approximate surface area is 148 Å². The Hall–Kier alpha value is -2.08. The number of hydrogen-bond acceptors (Lipinski definition) is 4. The van der Waals surface area contributed by atoms with Gasteiger partial charge in [-0.25, -0.2) is 4.79 Å². The number of hydrogen-bond donors (Lipinski definition) is 1. The Morgan fingerprint density at radius 3 is 2.56 bits per heavy atom. The summed E-state index contributed by atoms with van der Waals surface area (Å²) in [5, 5.41) is 9.81. The molecule has 1 atom stereocenters. The minimum atomic E-state index is -1.27. The van der Waals surface area contributed by atoms with Gasteiger partial charge in [0.15, 0.2) is 5.54 Å². The second kappa shape index (κ2) is 7.04. The minimum absolute atomic E-state index is 0.0128. The molecule has 0 radical (unpaired) electrons. The maximum absolute atomic E-state index is 13.4. The molecule has 2 heterocycles. The molecule has 6 heteroatoms. The number of carboxylic acids is 1. The first-order valence-electron chi connectivity index (χ1n) is 8.89. The average molecular weight is 346 g/mol. The van der Waals surface area contributed by atoms with Gasteiger partial charge >= 0.3 is 5.97 Å². The van der Waals surface area contributed by atoms with Crippen LogP contribution in [0.15, 0.2) is 18.2 Å². The van der Waals surface area contributed by atoms with Gasteiger partial charge in [-0.1, -0.05) is 11.6 Å². The van der Waals surface area contributed by atoms with E-state index >= 15 is 0 Å². The van der Waals surface area contributed by atoms with E-state index in [9.17, 15) is 14.7 Å². The molecule has 1 amide bonds. The third kappa shape index (κ3) is 3.11. The van der Waals surface area contributed by atoms with Crippen molar-refractivity contribution >= 4 is 17.6 Å². The molecule has 2 aliphatic heterocycles. The molecular formula is C19H26N2O4. The van der Waals surface area contributed by atoms with Gasteiger partial charge in [0.2, 0.25) is 0 Å². The number of methoxy groups -OCH3 is 1. The number of aliphatic carboxylic acids is 1. The lowest BCUT2D eigenvalue weighted by atomic mass is 9.96. The Kier molecular flexibility index (Phi) is 4.99. The van der Waals surface area contributed by atoms with E-state index in [0.717, 1.165) is 37.2 Å². The van der Waals surface area contributed by atoms with Crippen LogP contribution in [-0.4, -0.2) is 60.8 Å². The lowest BCUT2D eigenvalue weighted by Crippen LogP contribution is -2.56. The van der Waals surface area contributed by atoms with Crippen molar-refractivity contribution in [3.8, 4) is 0 Å². The van der Waals surface area contributed by atoms with Crippen molar-refractivity contribution in [2.45, 2.75) is 38.1 Å². The monoisotopic (exact) mass is 346 g/mol. The number of likely N-dealkylation sites (tertiary alicyclic amines) is 1. The molecule has 1 N–H and O–H groups in total. The van der Waals surface area contributed by atoms with Crippen molar-refractivity contribution in [3.63, 3.8) is 0 Å². The molecule has 0 aromatic heterocycles. The number of carboxylic acid groups (broad SMARTS) is 1. The van der Waals surface area contributed by atoms with Crippen LogP contribution in [0, 0.1) is 6.92 Å². The molecule has 1 unspecified atom stereocenters. The zero-order chi connectivity index (χ0) is 18.0. The highest BCUT2D eigenvalue weighted by atomic mass is 16.5. The maximum Gasteiger partial charge on any atom is 0.332 e. The fourth-order valence-corrected chi connectivity index (χ4v) is 4.05. The topological polar surface area (TPSA) is 70.1 Å². The maximum atomic E-state index is 13.4. The number of benzene rings is 1. The first kappa shape index (κ1) is 17.7. The summed E-state index contributed by atoms with van der Waals surface area (Å²) in [5.74, 6) is -1.20. The number of rotatable bonds is 5. The molecule has 0 aliphatic carbocycles. The molecule has 25 heavy (non-hydrogen) atoms. The number of anilines is 1. The molecule has 2 aliphatic rings. The summed E-state index contributed by atoms with van der Waals surface area (Å²) in [6.07, 6.45) is 3.33. The standard InChI is InChI=1S/C19H26N2O4/c1-14-6-7-16(20-9-3-4-10-20)15(12-14)17(22)21-11-5-8-19(21,13-25-2)18(23)24/h6-7,12H,3-5,8-11,13H2,1-2H3,(H,23,24). The van der Waals surface area contributed by atoms with Crippen molar-refractivity contribution in [1.29, 1.82) is 0 Å². The van der Waals surface area contributed by atoms with Gasteiger partial charge in [0.25, 0.3) is 5.91 Å². The summed E-state index contributed by atoms with van der Waals surface area (Å²) in [5.41, 5.74) is 1.25. The van der Waals surface area contributed by atoms with Crippen LogP contribution in [0.4, 0.5) is 5.69 Å². The summed E-state index contributed by atoms with van der Waals surface area (Å²) >= 11 is 0. The minimum Gasteiger partial charge on any atom is -0.479 e. The number of aryl methyl sites for hydroxylation is 1. The molecule has 2 fully saturated rings. The van der Waals surface area contributed by atoms with Gasteiger partial charge < -0.3 is 19.6 Å². The van der Waals surface area contributed by atoms with Gasteiger partial charge in [-0.15, -0.1) is 0 Å². The smallest absolute Gasteiger partial charge is 0.332 e. The van der Waals surface area contributed by atoms with Crippen LogP contribution < -0.4 is 4.90 Å². The largest absolute Gasteiger partial charge is 0.479 e. The lowest BCUT2D eigenvalue weighted by molar-refractivity contribution is -0.151. The predicted octanol–water partition coefficient (Wildman–Crippen LogP) is 2.30. The second-order valence-electron chi connectivity index (χ2n) is 7.04. The molecule has 3 rings (SSSR count). The van der Waals surface area contributed by atoms with Crippen molar-refractivity contribution in [3.05, 3.63) is 29.3 Å². The highest BCUT2D eigenvalue weighted by Gasteiger charge is 2.50. The van der Waals surface area contributed by atoms with E-state index in [2.05, 4.69) is 4.90 Å². The van der Waals surface area contributed by atoms with E-state index in [1.807, 2.05) is 25.1 Å². The van der Waals surface area contributed by atoms with Crippen LogP contribution in [0.5, 0.6) is 0 Å². The third-order valence-electron chi connectivity index (χ3n) is 5.34. The van der Waals surface area contributed by atoms with E-state index < -0.39 is 11.5 Å². The van der Waals surface area contributed by atoms with Gasteiger partial charge in [0.1, 0.15) is 0 Å². The molecule has 136 valence electrons. The predicted molar refractivity (Wildman–Crippen MR) is 95.1 cm³/mol. The highest BCUT2D eigenvalue weighted by molar-refractivity contribution is 6.03. The molecule has 0 saturated carbocycles. The summed E-state index contributed by atoms with van der Waals surface area (Å²) in [6, 6.07) is 5.88. The molecule has 6 nitrogen and oxygen atoms in total. The van der Waals surface area contributed by atoms with E-state index in [-0.39, 0.29) is 12.5 Å². The van der Waals surface area contributed by atoms with Crippen molar-refractivity contribution < 1.29 is 19.4 Å². The Morgan fingerprint density at radius 1 is 1.20 bits per heavy atom. The zero-order valence-electron chi connectivity index (χ0n) is 15.0. The van der Waals surface area contributed by atoms with Crippen LogP contribution in [-0.2, 0) is 9.53 Å². The normalized spacial score (nSPS) is 23.3. The van der Waals surface area contributed by atoms with Crippen LogP contribution in [0.25, 0.3) is 0 Å². The first-order valence-corrected chi connectivity index (χ1v) is 8.89. The molecular weight excluding hydrogens is 320 g/mol.